The summed E-state index contributed by atoms with van der Waals surface area (Å²) in [4.78, 5) is 0. The van der Waals surface area contributed by atoms with E-state index < -0.39 is 0 Å². The lowest BCUT2D eigenvalue weighted by Gasteiger charge is -2.24. The molecule has 0 amide bonds. The number of hydrogen-bond donors (Lipinski definition) is 2. The second kappa shape index (κ2) is 7.42. The highest BCUT2D eigenvalue weighted by Gasteiger charge is 2.19. The van der Waals surface area contributed by atoms with Crippen molar-refractivity contribution < 1.29 is 0 Å². The smallest absolute Gasteiger partial charge is 0.0462 e. The molecule has 0 aromatic heterocycles. The molecule has 118 valence electrons. The van der Waals surface area contributed by atoms with Crippen molar-refractivity contribution in [1.82, 2.24) is 5.43 Å². The topological polar surface area (TPSA) is 38.0 Å². The molecule has 0 saturated heterocycles. The van der Waals surface area contributed by atoms with Gasteiger partial charge in [-0.05, 0) is 28.9 Å². The van der Waals surface area contributed by atoms with Crippen molar-refractivity contribution in [1.29, 1.82) is 0 Å². The van der Waals surface area contributed by atoms with E-state index in [9.17, 15) is 0 Å². The van der Waals surface area contributed by atoms with Crippen LogP contribution in [0.2, 0.25) is 0 Å². The van der Waals surface area contributed by atoms with E-state index in [1.807, 2.05) is 0 Å². The third-order valence-electron chi connectivity index (χ3n) is 4.92. The Bertz CT molecular complexity index is 408. The van der Waals surface area contributed by atoms with Gasteiger partial charge in [-0.1, -0.05) is 83.6 Å². The summed E-state index contributed by atoms with van der Waals surface area (Å²) in [5.41, 5.74) is 5.97. The van der Waals surface area contributed by atoms with Crippen LogP contribution in [0.15, 0.2) is 24.3 Å². The second-order valence-electron chi connectivity index (χ2n) is 7.68. The van der Waals surface area contributed by atoms with Crippen LogP contribution in [0, 0.1) is 5.92 Å². The Kier molecular flexibility index (Phi) is 5.83. The maximum absolute atomic E-state index is 5.83. The van der Waals surface area contributed by atoms with Gasteiger partial charge in [-0.25, -0.2) is 0 Å². The van der Waals surface area contributed by atoms with Gasteiger partial charge in [0.05, 0.1) is 0 Å². The molecule has 1 aliphatic carbocycles. The first-order valence-corrected chi connectivity index (χ1v) is 8.57. The van der Waals surface area contributed by atoms with Crippen LogP contribution in [-0.2, 0) is 5.41 Å². The molecule has 1 fully saturated rings. The lowest BCUT2D eigenvalue weighted by Crippen LogP contribution is -2.29. The van der Waals surface area contributed by atoms with Gasteiger partial charge >= 0.3 is 0 Å². The van der Waals surface area contributed by atoms with Gasteiger partial charge in [-0.15, -0.1) is 0 Å². The molecular weight excluding hydrogens is 256 g/mol. The zero-order chi connectivity index (χ0) is 15.3. The fourth-order valence-corrected chi connectivity index (χ4v) is 3.45. The van der Waals surface area contributed by atoms with Crippen molar-refractivity contribution in [3.63, 3.8) is 0 Å². The molecular formula is C19H32N2. The Morgan fingerprint density at radius 1 is 1.05 bits per heavy atom. The molecule has 3 N–H and O–H groups in total. The second-order valence-corrected chi connectivity index (χ2v) is 7.68. The number of benzene rings is 1. The first-order valence-electron chi connectivity index (χ1n) is 8.57. The Balaban J connectivity index is 2.03. The first-order chi connectivity index (χ1) is 10.0. The van der Waals surface area contributed by atoms with Gasteiger partial charge in [0.25, 0.3) is 0 Å². The maximum Gasteiger partial charge on any atom is 0.0462 e. The molecule has 2 nitrogen and oxygen atoms in total. The van der Waals surface area contributed by atoms with E-state index in [2.05, 4.69) is 50.5 Å². The zero-order valence-electron chi connectivity index (χ0n) is 14.0. The van der Waals surface area contributed by atoms with Crippen molar-refractivity contribution in [3.8, 4) is 0 Å². The minimum Gasteiger partial charge on any atom is -0.271 e. The molecule has 0 aliphatic heterocycles. The Morgan fingerprint density at radius 3 is 2.10 bits per heavy atom. The van der Waals surface area contributed by atoms with Gasteiger partial charge in [0.1, 0.15) is 0 Å². The molecule has 0 spiro atoms. The van der Waals surface area contributed by atoms with Gasteiger partial charge < -0.3 is 0 Å². The lowest BCUT2D eigenvalue weighted by atomic mass is 9.85. The van der Waals surface area contributed by atoms with Crippen LogP contribution < -0.4 is 11.3 Å². The quantitative estimate of drug-likeness (QED) is 0.472. The largest absolute Gasteiger partial charge is 0.271 e. The number of rotatable bonds is 4. The summed E-state index contributed by atoms with van der Waals surface area (Å²) in [6.45, 7) is 6.77. The van der Waals surface area contributed by atoms with Crippen molar-refractivity contribution >= 4 is 0 Å². The van der Waals surface area contributed by atoms with Crippen LogP contribution in [0.5, 0.6) is 0 Å². The minimum absolute atomic E-state index is 0.214. The molecule has 1 aromatic rings. The predicted molar refractivity (Wildman–Crippen MR) is 91.0 cm³/mol. The van der Waals surface area contributed by atoms with E-state index in [0.29, 0.717) is 6.04 Å². The number of nitrogens with one attached hydrogen (secondary N) is 1. The summed E-state index contributed by atoms with van der Waals surface area (Å²) in [5, 5.41) is 0. The summed E-state index contributed by atoms with van der Waals surface area (Å²) >= 11 is 0. The molecule has 1 aliphatic rings. The molecule has 0 bridgehead atoms. The fourth-order valence-electron chi connectivity index (χ4n) is 3.45. The predicted octanol–water partition coefficient (Wildman–Crippen LogP) is 4.85. The molecule has 2 heteroatoms. The molecule has 21 heavy (non-hydrogen) atoms. The molecule has 1 atom stereocenters. The molecule has 1 aromatic carbocycles. The third-order valence-corrected chi connectivity index (χ3v) is 4.92. The summed E-state index contributed by atoms with van der Waals surface area (Å²) in [7, 11) is 0. The average molecular weight is 288 g/mol. The molecule has 0 heterocycles. The highest BCUT2D eigenvalue weighted by atomic mass is 15.2. The van der Waals surface area contributed by atoms with Gasteiger partial charge in [0.2, 0.25) is 0 Å². The van der Waals surface area contributed by atoms with E-state index >= 15 is 0 Å². The van der Waals surface area contributed by atoms with E-state index in [4.69, 9.17) is 5.84 Å². The van der Waals surface area contributed by atoms with Crippen molar-refractivity contribution in [2.24, 2.45) is 11.8 Å². The van der Waals surface area contributed by atoms with E-state index in [0.717, 1.165) is 5.92 Å². The normalized spacial score (nSPS) is 19.2. The Labute approximate surface area is 130 Å². The number of hydrazine groups is 1. The first kappa shape index (κ1) is 16.5. The van der Waals surface area contributed by atoms with Gasteiger partial charge in [0, 0.05) is 6.04 Å². The van der Waals surface area contributed by atoms with Gasteiger partial charge in [0.15, 0.2) is 0 Å². The summed E-state index contributed by atoms with van der Waals surface area (Å²) in [5.74, 6) is 6.66. The molecule has 1 unspecified atom stereocenters. The van der Waals surface area contributed by atoms with Crippen molar-refractivity contribution in [2.45, 2.75) is 77.2 Å². The van der Waals surface area contributed by atoms with Crippen LogP contribution in [-0.4, -0.2) is 0 Å². The van der Waals surface area contributed by atoms with E-state index in [1.54, 1.807) is 0 Å². The van der Waals surface area contributed by atoms with Crippen LogP contribution in [0.1, 0.15) is 82.9 Å². The van der Waals surface area contributed by atoms with E-state index in [-0.39, 0.29) is 5.41 Å². The van der Waals surface area contributed by atoms with Gasteiger partial charge in [-0.3, -0.25) is 11.3 Å². The van der Waals surface area contributed by atoms with Crippen LogP contribution in [0.4, 0.5) is 0 Å². The Hall–Kier alpha value is -0.860. The highest BCUT2D eigenvalue weighted by Crippen LogP contribution is 2.31. The minimum atomic E-state index is 0.214. The van der Waals surface area contributed by atoms with Gasteiger partial charge in [-0.2, -0.15) is 0 Å². The SMILES string of the molecule is CC(C)(C)c1ccc(C(CC2CCCCCC2)NN)cc1. The zero-order valence-corrected chi connectivity index (χ0v) is 14.0. The third kappa shape index (κ3) is 4.82. The number of nitrogens with two attached hydrogens (primary N) is 1. The fraction of sp³-hybridized carbons (Fsp3) is 0.684. The maximum atomic E-state index is 5.83. The van der Waals surface area contributed by atoms with Crippen LogP contribution in [0.3, 0.4) is 0 Å². The van der Waals surface area contributed by atoms with Crippen molar-refractivity contribution in [2.75, 3.05) is 0 Å². The van der Waals surface area contributed by atoms with Crippen LogP contribution >= 0.6 is 0 Å². The van der Waals surface area contributed by atoms with E-state index in [1.165, 1.54) is 56.1 Å². The highest BCUT2D eigenvalue weighted by molar-refractivity contribution is 5.29. The average Bonchev–Trinajstić information content (AvgIpc) is 2.72. The molecule has 1 saturated carbocycles. The van der Waals surface area contributed by atoms with Crippen LogP contribution in [0.25, 0.3) is 0 Å². The summed E-state index contributed by atoms with van der Waals surface area (Å²) in [6, 6.07) is 9.31. The molecule has 2 rings (SSSR count). The summed E-state index contributed by atoms with van der Waals surface area (Å²) in [6.07, 6.45) is 9.53. The summed E-state index contributed by atoms with van der Waals surface area (Å²) < 4.78 is 0. The monoisotopic (exact) mass is 288 g/mol. The number of hydrogen-bond acceptors (Lipinski definition) is 2. The molecule has 0 radical (unpaired) electrons. The standard InChI is InChI=1S/C19H32N2/c1-19(2,3)17-12-10-16(11-13-17)18(21-20)14-15-8-6-4-5-7-9-15/h10-13,15,18,21H,4-9,14,20H2,1-3H3. The lowest BCUT2D eigenvalue weighted by molar-refractivity contribution is 0.359. The Morgan fingerprint density at radius 2 is 1.62 bits per heavy atom. The van der Waals surface area contributed by atoms with Crippen molar-refractivity contribution in [3.05, 3.63) is 35.4 Å².